The van der Waals surface area contributed by atoms with Gasteiger partial charge in [-0.15, -0.1) is 0 Å². The van der Waals surface area contributed by atoms with Crippen LogP contribution in [-0.4, -0.2) is 10.5 Å². The summed E-state index contributed by atoms with van der Waals surface area (Å²) in [6.45, 7) is 1.30. The van der Waals surface area contributed by atoms with Gasteiger partial charge in [-0.05, 0) is 29.3 Å². The maximum absolute atomic E-state index is 12.8. The lowest BCUT2D eigenvalue weighted by atomic mass is 10.00. The second-order valence-corrected chi connectivity index (χ2v) is 6.24. The Balaban J connectivity index is 1.79. The van der Waals surface area contributed by atoms with Crippen molar-refractivity contribution in [1.29, 1.82) is 0 Å². The largest absolute Gasteiger partial charge is 0.417 e. The van der Waals surface area contributed by atoms with E-state index in [4.69, 9.17) is 0 Å². The predicted molar refractivity (Wildman–Crippen MR) is 96.2 cm³/mol. The lowest BCUT2D eigenvalue weighted by Gasteiger charge is -2.17. The van der Waals surface area contributed by atoms with Gasteiger partial charge in [0.15, 0.2) is 0 Å². The molecular weight excluding hydrogens is 357 g/mol. The molecule has 0 saturated heterocycles. The average Bonchev–Trinajstić information content (AvgIpc) is 2.62. The summed E-state index contributed by atoms with van der Waals surface area (Å²) in [4.78, 5) is 24.1. The summed E-state index contributed by atoms with van der Waals surface area (Å²) in [5.74, 6) is -0.545. The SMILES string of the molecule is C[C@H](NC(=O)Cn1cc(C(F)(F)F)ccc1=O)c1cccc2ccccc12. The summed E-state index contributed by atoms with van der Waals surface area (Å²) < 4.78 is 39.2. The molecule has 0 saturated carbocycles. The first-order valence-electron chi connectivity index (χ1n) is 8.30. The molecule has 140 valence electrons. The van der Waals surface area contributed by atoms with Gasteiger partial charge in [-0.2, -0.15) is 13.2 Å². The Morgan fingerprint density at radius 1 is 1.07 bits per heavy atom. The topological polar surface area (TPSA) is 51.1 Å². The monoisotopic (exact) mass is 374 g/mol. The van der Waals surface area contributed by atoms with Gasteiger partial charge >= 0.3 is 6.18 Å². The molecule has 4 nitrogen and oxygen atoms in total. The first-order chi connectivity index (χ1) is 12.8. The Kier molecular flexibility index (Phi) is 5.03. The van der Waals surface area contributed by atoms with Crippen LogP contribution in [0, 0.1) is 0 Å². The highest BCUT2D eigenvalue weighted by Gasteiger charge is 2.31. The Morgan fingerprint density at radius 3 is 2.52 bits per heavy atom. The van der Waals surface area contributed by atoms with E-state index in [0.29, 0.717) is 12.3 Å². The lowest BCUT2D eigenvalue weighted by Crippen LogP contribution is -2.34. The van der Waals surface area contributed by atoms with E-state index < -0.39 is 29.8 Å². The van der Waals surface area contributed by atoms with Crippen LogP contribution in [-0.2, 0) is 17.5 Å². The summed E-state index contributed by atoms with van der Waals surface area (Å²) >= 11 is 0. The molecule has 0 bridgehead atoms. The van der Waals surface area contributed by atoms with Crippen LogP contribution in [0.25, 0.3) is 10.8 Å². The number of benzene rings is 2. The number of amides is 1. The first kappa shape index (κ1) is 18.7. The molecular formula is C20H17F3N2O2. The number of alkyl halides is 3. The molecule has 0 spiro atoms. The van der Waals surface area contributed by atoms with Crippen molar-refractivity contribution in [3.63, 3.8) is 0 Å². The van der Waals surface area contributed by atoms with E-state index in [9.17, 15) is 22.8 Å². The number of hydrogen-bond donors (Lipinski definition) is 1. The third kappa shape index (κ3) is 4.19. The first-order valence-corrected chi connectivity index (χ1v) is 8.30. The van der Waals surface area contributed by atoms with Crippen molar-refractivity contribution >= 4 is 16.7 Å². The predicted octanol–water partition coefficient (Wildman–Crippen LogP) is 3.90. The van der Waals surface area contributed by atoms with E-state index in [2.05, 4.69) is 5.32 Å². The highest BCUT2D eigenvalue weighted by Crippen LogP contribution is 2.28. The van der Waals surface area contributed by atoms with Crippen molar-refractivity contribution in [1.82, 2.24) is 9.88 Å². The zero-order valence-corrected chi connectivity index (χ0v) is 14.5. The normalized spacial score (nSPS) is 12.7. The molecule has 0 fully saturated rings. The number of carbonyl (C=O) groups excluding carboxylic acids is 1. The molecule has 27 heavy (non-hydrogen) atoms. The second kappa shape index (κ2) is 7.26. The van der Waals surface area contributed by atoms with Gasteiger partial charge in [0, 0.05) is 12.3 Å². The third-order valence-corrected chi connectivity index (χ3v) is 4.29. The number of carbonyl (C=O) groups is 1. The van der Waals surface area contributed by atoms with Crippen LogP contribution in [0.1, 0.15) is 24.1 Å². The van der Waals surface area contributed by atoms with E-state index >= 15 is 0 Å². The van der Waals surface area contributed by atoms with Crippen molar-refractivity contribution in [2.75, 3.05) is 0 Å². The Hall–Kier alpha value is -3.09. The van der Waals surface area contributed by atoms with Crippen LogP contribution in [0.2, 0.25) is 0 Å². The van der Waals surface area contributed by atoms with Gasteiger partial charge < -0.3 is 9.88 Å². The van der Waals surface area contributed by atoms with Crippen molar-refractivity contribution in [2.24, 2.45) is 0 Å². The molecule has 1 heterocycles. The Bertz CT molecular complexity index is 1040. The van der Waals surface area contributed by atoms with Crippen LogP contribution in [0.15, 0.2) is 65.6 Å². The minimum Gasteiger partial charge on any atom is -0.348 e. The van der Waals surface area contributed by atoms with Crippen LogP contribution < -0.4 is 10.9 Å². The van der Waals surface area contributed by atoms with E-state index in [1.165, 1.54) is 0 Å². The van der Waals surface area contributed by atoms with Crippen molar-refractivity contribution in [2.45, 2.75) is 25.7 Å². The number of nitrogens with zero attached hydrogens (tertiary/aromatic N) is 1. The maximum Gasteiger partial charge on any atom is 0.417 e. The van der Waals surface area contributed by atoms with Crippen molar-refractivity contribution in [3.8, 4) is 0 Å². The summed E-state index contributed by atoms with van der Waals surface area (Å²) in [6, 6.07) is 14.5. The summed E-state index contributed by atoms with van der Waals surface area (Å²) in [5.41, 5.74) is -0.759. The van der Waals surface area contributed by atoms with Gasteiger partial charge in [0.25, 0.3) is 5.56 Å². The van der Waals surface area contributed by atoms with Gasteiger partial charge in [0.05, 0.1) is 11.6 Å². The van der Waals surface area contributed by atoms with Crippen molar-refractivity contribution in [3.05, 3.63) is 82.3 Å². The molecule has 0 aliphatic carbocycles. The molecule has 1 aromatic heterocycles. The highest BCUT2D eigenvalue weighted by molar-refractivity contribution is 5.86. The smallest absolute Gasteiger partial charge is 0.348 e. The maximum atomic E-state index is 12.8. The minimum absolute atomic E-state index is 0.370. The third-order valence-electron chi connectivity index (χ3n) is 4.29. The van der Waals surface area contributed by atoms with E-state index in [1.54, 1.807) is 6.92 Å². The average molecular weight is 374 g/mol. The van der Waals surface area contributed by atoms with Crippen LogP contribution in [0.5, 0.6) is 0 Å². The van der Waals surface area contributed by atoms with Gasteiger partial charge in [-0.3, -0.25) is 9.59 Å². The number of pyridine rings is 1. The standard InChI is InChI=1S/C20H17F3N2O2/c1-13(16-8-4-6-14-5-2-3-7-17(14)16)24-18(26)12-25-11-15(20(21,22)23)9-10-19(25)27/h2-11,13H,12H2,1H3,(H,24,26)/t13-/m0/s1. The summed E-state index contributed by atoms with van der Waals surface area (Å²) in [7, 11) is 0. The van der Waals surface area contributed by atoms with Gasteiger partial charge in [0.2, 0.25) is 5.91 Å². The zero-order chi connectivity index (χ0) is 19.6. The van der Waals surface area contributed by atoms with E-state index in [-0.39, 0.29) is 6.04 Å². The second-order valence-electron chi connectivity index (χ2n) is 6.24. The molecule has 0 radical (unpaired) electrons. The molecule has 1 atom stereocenters. The molecule has 3 rings (SSSR count). The molecule has 1 N–H and O–H groups in total. The number of aromatic nitrogens is 1. The van der Waals surface area contributed by atoms with Gasteiger partial charge in [0.1, 0.15) is 6.54 Å². The zero-order valence-electron chi connectivity index (χ0n) is 14.5. The van der Waals surface area contributed by atoms with E-state index in [1.807, 2.05) is 42.5 Å². The fourth-order valence-electron chi connectivity index (χ4n) is 2.97. The summed E-state index contributed by atoms with van der Waals surface area (Å²) in [6.07, 6.45) is -3.92. The number of fused-ring (bicyclic) bond motifs is 1. The summed E-state index contributed by atoms with van der Waals surface area (Å²) in [5, 5.41) is 4.74. The van der Waals surface area contributed by atoms with Gasteiger partial charge in [-0.25, -0.2) is 0 Å². The van der Waals surface area contributed by atoms with Crippen LogP contribution >= 0.6 is 0 Å². The highest BCUT2D eigenvalue weighted by atomic mass is 19.4. The van der Waals surface area contributed by atoms with Crippen LogP contribution in [0.3, 0.4) is 0 Å². The number of rotatable bonds is 4. The molecule has 2 aromatic carbocycles. The molecule has 0 aliphatic rings. The molecule has 0 aliphatic heterocycles. The van der Waals surface area contributed by atoms with Crippen LogP contribution in [0.4, 0.5) is 13.2 Å². The lowest BCUT2D eigenvalue weighted by molar-refractivity contribution is -0.138. The Morgan fingerprint density at radius 2 is 1.78 bits per heavy atom. The van der Waals surface area contributed by atoms with E-state index in [0.717, 1.165) is 27.0 Å². The molecule has 3 aromatic rings. The fourth-order valence-corrected chi connectivity index (χ4v) is 2.97. The quantitative estimate of drug-likeness (QED) is 0.753. The number of nitrogens with one attached hydrogen (secondary N) is 1. The number of hydrogen-bond acceptors (Lipinski definition) is 2. The molecule has 0 unspecified atom stereocenters. The fraction of sp³-hybridized carbons (Fsp3) is 0.200. The minimum atomic E-state index is -4.58. The Labute approximate surface area is 153 Å². The molecule has 1 amide bonds. The van der Waals surface area contributed by atoms with Gasteiger partial charge in [-0.1, -0.05) is 42.5 Å². The van der Waals surface area contributed by atoms with Crippen molar-refractivity contribution < 1.29 is 18.0 Å². The number of halogens is 3. The molecule has 7 heteroatoms.